The predicted molar refractivity (Wildman–Crippen MR) is 72.2 cm³/mol. The fourth-order valence-electron chi connectivity index (χ4n) is 1.56. The van der Waals surface area contributed by atoms with E-state index in [1.807, 2.05) is 24.3 Å². The Bertz CT molecular complexity index is 508. The fourth-order valence-corrected chi connectivity index (χ4v) is 1.82. The maximum absolute atomic E-state index is 11.6. The summed E-state index contributed by atoms with van der Waals surface area (Å²) in [6, 6.07) is 10.8. The van der Waals surface area contributed by atoms with Crippen LogP contribution in [0.25, 0.3) is 0 Å². The van der Waals surface area contributed by atoms with Crippen LogP contribution in [0.3, 0.4) is 0 Å². The Balaban J connectivity index is 1.90. The van der Waals surface area contributed by atoms with Gasteiger partial charge in [0, 0.05) is 17.2 Å². The molecule has 1 heterocycles. The van der Waals surface area contributed by atoms with E-state index in [2.05, 4.69) is 26.2 Å². The van der Waals surface area contributed by atoms with Crippen molar-refractivity contribution in [3.63, 3.8) is 0 Å². The van der Waals surface area contributed by atoms with E-state index in [4.69, 9.17) is 0 Å². The molecule has 1 atom stereocenters. The van der Waals surface area contributed by atoms with E-state index in [9.17, 15) is 9.90 Å². The third-order valence-corrected chi connectivity index (χ3v) is 3.08. The van der Waals surface area contributed by atoms with Crippen molar-refractivity contribution >= 4 is 21.8 Å². The highest BCUT2D eigenvalue weighted by molar-refractivity contribution is 9.10. The van der Waals surface area contributed by atoms with Crippen LogP contribution in [0.4, 0.5) is 0 Å². The monoisotopic (exact) mass is 308 g/mol. The third kappa shape index (κ3) is 3.21. The summed E-state index contributed by atoms with van der Waals surface area (Å²) in [4.78, 5) is 14.4. The number of aromatic nitrogens is 1. The van der Waals surface area contributed by atoms with Crippen molar-refractivity contribution in [3.8, 4) is 0 Å². The number of H-pyrrole nitrogens is 1. The van der Waals surface area contributed by atoms with Crippen LogP contribution in [0.15, 0.2) is 47.1 Å². The number of benzene rings is 1. The Labute approximate surface area is 113 Å². The van der Waals surface area contributed by atoms with E-state index in [-0.39, 0.29) is 12.5 Å². The zero-order valence-electron chi connectivity index (χ0n) is 9.56. The maximum Gasteiger partial charge on any atom is 0.267 e. The number of nitrogens with one attached hydrogen (secondary N) is 2. The minimum atomic E-state index is -0.711. The number of amides is 1. The van der Waals surface area contributed by atoms with Crippen molar-refractivity contribution in [2.24, 2.45) is 0 Å². The molecule has 1 aromatic heterocycles. The lowest BCUT2D eigenvalue weighted by atomic mass is 10.1. The number of carbonyl (C=O) groups excluding carboxylic acids is 1. The molecule has 0 aliphatic heterocycles. The predicted octanol–water partition coefficient (Wildman–Crippen LogP) is 2.24. The molecule has 0 spiro atoms. The number of carbonyl (C=O) groups is 1. The SMILES string of the molecule is O=C(NCC(O)c1ccc(Br)cc1)c1ccc[nH]1. The summed E-state index contributed by atoms with van der Waals surface area (Å²) >= 11 is 3.33. The molecular formula is C13H13BrN2O2. The van der Waals surface area contributed by atoms with Gasteiger partial charge in [0.05, 0.1) is 6.10 Å². The highest BCUT2D eigenvalue weighted by Gasteiger charge is 2.10. The van der Waals surface area contributed by atoms with Gasteiger partial charge in [-0.3, -0.25) is 4.79 Å². The zero-order valence-corrected chi connectivity index (χ0v) is 11.1. The smallest absolute Gasteiger partial charge is 0.267 e. The summed E-state index contributed by atoms with van der Waals surface area (Å²) in [6.45, 7) is 0.180. The third-order valence-electron chi connectivity index (χ3n) is 2.55. The normalized spacial score (nSPS) is 12.1. The first-order valence-electron chi connectivity index (χ1n) is 5.52. The van der Waals surface area contributed by atoms with Gasteiger partial charge in [0.2, 0.25) is 0 Å². The molecule has 0 fully saturated rings. The standard InChI is InChI=1S/C13H13BrN2O2/c14-10-5-3-9(4-6-10)12(17)8-16-13(18)11-2-1-7-15-11/h1-7,12,15,17H,8H2,(H,16,18). The van der Waals surface area contributed by atoms with Gasteiger partial charge in [0.1, 0.15) is 5.69 Å². The second-order valence-electron chi connectivity index (χ2n) is 3.86. The van der Waals surface area contributed by atoms with Crippen molar-refractivity contribution in [2.45, 2.75) is 6.10 Å². The molecule has 1 unspecified atom stereocenters. The average molecular weight is 309 g/mol. The van der Waals surface area contributed by atoms with E-state index in [1.165, 1.54) is 0 Å². The van der Waals surface area contributed by atoms with Gasteiger partial charge in [-0.1, -0.05) is 28.1 Å². The number of hydrogen-bond acceptors (Lipinski definition) is 2. The van der Waals surface area contributed by atoms with E-state index in [0.717, 1.165) is 10.0 Å². The van der Waals surface area contributed by atoms with Crippen LogP contribution >= 0.6 is 15.9 Å². The summed E-state index contributed by atoms with van der Waals surface area (Å²) in [5.41, 5.74) is 1.25. The minimum Gasteiger partial charge on any atom is -0.387 e. The van der Waals surface area contributed by atoms with Gasteiger partial charge < -0.3 is 15.4 Å². The molecule has 4 nitrogen and oxygen atoms in total. The second-order valence-corrected chi connectivity index (χ2v) is 4.78. The molecule has 0 saturated carbocycles. The Hall–Kier alpha value is -1.59. The molecule has 5 heteroatoms. The van der Waals surface area contributed by atoms with E-state index < -0.39 is 6.10 Å². The van der Waals surface area contributed by atoms with E-state index in [0.29, 0.717) is 5.69 Å². The van der Waals surface area contributed by atoms with Crippen LogP contribution in [0.1, 0.15) is 22.2 Å². The van der Waals surface area contributed by atoms with Gasteiger partial charge in [-0.25, -0.2) is 0 Å². The lowest BCUT2D eigenvalue weighted by molar-refractivity contribution is 0.0912. The van der Waals surface area contributed by atoms with E-state index in [1.54, 1.807) is 18.3 Å². The zero-order chi connectivity index (χ0) is 13.0. The Kier molecular flexibility index (Phi) is 4.17. The van der Waals surface area contributed by atoms with Crippen molar-refractivity contribution in [3.05, 3.63) is 58.3 Å². The average Bonchev–Trinajstić information content (AvgIpc) is 2.90. The second kappa shape index (κ2) is 5.84. The van der Waals surface area contributed by atoms with Crippen LogP contribution in [0.5, 0.6) is 0 Å². The van der Waals surface area contributed by atoms with Gasteiger partial charge in [-0.2, -0.15) is 0 Å². The molecule has 0 bridgehead atoms. The molecule has 0 radical (unpaired) electrons. The van der Waals surface area contributed by atoms with Gasteiger partial charge >= 0.3 is 0 Å². The highest BCUT2D eigenvalue weighted by atomic mass is 79.9. The van der Waals surface area contributed by atoms with Gasteiger partial charge in [0.25, 0.3) is 5.91 Å². The molecule has 2 aromatic rings. The maximum atomic E-state index is 11.6. The first kappa shape index (κ1) is 12.9. The number of hydrogen-bond donors (Lipinski definition) is 3. The summed E-state index contributed by atoms with van der Waals surface area (Å²) < 4.78 is 0.953. The highest BCUT2D eigenvalue weighted by Crippen LogP contribution is 2.16. The Morgan fingerprint density at radius 1 is 1.33 bits per heavy atom. The van der Waals surface area contributed by atoms with Gasteiger partial charge in [-0.05, 0) is 29.8 Å². The molecule has 0 aliphatic rings. The number of aliphatic hydroxyl groups is 1. The molecule has 3 N–H and O–H groups in total. The summed E-state index contributed by atoms with van der Waals surface area (Å²) in [6.07, 6.45) is 0.970. The summed E-state index contributed by atoms with van der Waals surface area (Å²) in [5.74, 6) is -0.226. The molecule has 94 valence electrons. The quantitative estimate of drug-likeness (QED) is 0.811. The lowest BCUT2D eigenvalue weighted by Crippen LogP contribution is -2.28. The molecule has 0 saturated heterocycles. The topological polar surface area (TPSA) is 65.1 Å². The molecular weight excluding hydrogens is 296 g/mol. The molecule has 2 rings (SSSR count). The Morgan fingerprint density at radius 3 is 2.67 bits per heavy atom. The molecule has 18 heavy (non-hydrogen) atoms. The first-order chi connectivity index (χ1) is 8.66. The fraction of sp³-hybridized carbons (Fsp3) is 0.154. The van der Waals surface area contributed by atoms with Crippen molar-refractivity contribution < 1.29 is 9.90 Å². The first-order valence-corrected chi connectivity index (χ1v) is 6.31. The largest absolute Gasteiger partial charge is 0.387 e. The van der Waals surface area contributed by atoms with Crippen LogP contribution in [-0.4, -0.2) is 22.5 Å². The number of aliphatic hydroxyl groups excluding tert-OH is 1. The van der Waals surface area contributed by atoms with Crippen LogP contribution in [0, 0.1) is 0 Å². The molecule has 1 aromatic carbocycles. The Morgan fingerprint density at radius 2 is 2.06 bits per heavy atom. The lowest BCUT2D eigenvalue weighted by Gasteiger charge is -2.11. The van der Waals surface area contributed by atoms with Gasteiger partial charge in [0.15, 0.2) is 0 Å². The summed E-state index contributed by atoms with van der Waals surface area (Å²) in [7, 11) is 0. The van der Waals surface area contributed by atoms with Crippen LogP contribution in [-0.2, 0) is 0 Å². The minimum absolute atomic E-state index is 0.180. The summed E-state index contributed by atoms with van der Waals surface area (Å²) in [5, 5.41) is 12.6. The van der Waals surface area contributed by atoms with Crippen molar-refractivity contribution in [1.82, 2.24) is 10.3 Å². The van der Waals surface area contributed by atoms with Crippen molar-refractivity contribution in [1.29, 1.82) is 0 Å². The number of halogens is 1. The van der Waals surface area contributed by atoms with Gasteiger partial charge in [-0.15, -0.1) is 0 Å². The van der Waals surface area contributed by atoms with Crippen LogP contribution in [0.2, 0.25) is 0 Å². The number of rotatable bonds is 4. The molecule has 0 aliphatic carbocycles. The van der Waals surface area contributed by atoms with Crippen LogP contribution < -0.4 is 5.32 Å². The molecule has 1 amide bonds. The van der Waals surface area contributed by atoms with E-state index >= 15 is 0 Å². The number of aromatic amines is 1. The van der Waals surface area contributed by atoms with Crippen molar-refractivity contribution in [2.75, 3.05) is 6.54 Å².